The minimum atomic E-state index is -0.448. The van der Waals surface area contributed by atoms with Crippen molar-refractivity contribution in [3.63, 3.8) is 0 Å². The first-order valence-electron chi connectivity index (χ1n) is 46.7. The van der Waals surface area contributed by atoms with Gasteiger partial charge >= 0.3 is 35.8 Å². The fourth-order valence-electron chi connectivity index (χ4n) is 13.6. The molecule has 0 radical (unpaired) electrons. The first kappa shape index (κ1) is 112. The molecule has 0 aliphatic carbocycles. The second-order valence-electron chi connectivity index (χ2n) is 32.0. The van der Waals surface area contributed by atoms with Crippen LogP contribution in [0.1, 0.15) is 227 Å². The number of aryl methyl sites for hydroxylation is 13. The average Bonchev–Trinajstić information content (AvgIpc) is 0.857. The van der Waals surface area contributed by atoms with Crippen molar-refractivity contribution in [2.75, 3.05) is 0 Å². The van der Waals surface area contributed by atoms with Crippen molar-refractivity contribution in [2.45, 2.75) is 248 Å². The summed E-state index contributed by atoms with van der Waals surface area (Å²) >= 11 is 12.0. The summed E-state index contributed by atoms with van der Waals surface area (Å²) in [4.78, 5) is 69.3. The molecule has 12 aromatic carbocycles. The van der Waals surface area contributed by atoms with Gasteiger partial charge in [0.1, 0.15) is 114 Å². The van der Waals surface area contributed by atoms with Crippen molar-refractivity contribution in [1.82, 2.24) is 0 Å². The van der Waals surface area contributed by atoms with E-state index in [2.05, 4.69) is 144 Å². The zero-order chi connectivity index (χ0) is 100. The van der Waals surface area contributed by atoms with E-state index in [4.69, 9.17) is 68.4 Å². The van der Waals surface area contributed by atoms with Gasteiger partial charge in [0.2, 0.25) is 0 Å². The number of ether oxygens (including phenoxy) is 12. The van der Waals surface area contributed by atoms with Crippen molar-refractivity contribution < 1.29 is 90.0 Å². The Kier molecular flexibility index (Phi) is 48.1. The van der Waals surface area contributed by atoms with Crippen molar-refractivity contribution in [2.24, 2.45) is 0 Å². The van der Waals surface area contributed by atoms with Crippen molar-refractivity contribution >= 4 is 85.9 Å². The molecule has 18 nitrogen and oxygen atoms in total. The third-order valence-electron chi connectivity index (χ3n) is 21.5. The summed E-state index contributed by atoms with van der Waals surface area (Å²) in [6.07, 6.45) is 7.31. The second kappa shape index (κ2) is 59.0. The molecule has 12 aromatic rings. The fourth-order valence-corrected chi connectivity index (χ4v) is 14.9. The molecule has 0 aromatic heterocycles. The molecule has 0 fully saturated rings. The van der Waals surface area contributed by atoms with Gasteiger partial charge in [-0.05, 0) is 246 Å². The Labute approximate surface area is 836 Å². The van der Waals surface area contributed by atoms with E-state index in [1.807, 2.05) is 160 Å². The topological polar surface area (TPSA) is 213 Å². The molecule has 726 valence electrons. The molecule has 0 spiro atoms. The van der Waals surface area contributed by atoms with Crippen molar-refractivity contribution in [1.29, 1.82) is 0 Å². The van der Waals surface area contributed by atoms with Crippen LogP contribution >= 0.6 is 50.1 Å². The molecule has 0 saturated heterocycles. The number of hydrogen-bond donors (Lipinski definition) is 0. The first-order valence-corrected chi connectivity index (χ1v) is 49.0. The van der Waals surface area contributed by atoms with Crippen LogP contribution in [0.3, 0.4) is 0 Å². The van der Waals surface area contributed by atoms with E-state index in [1.165, 1.54) is 62.2 Å². The summed E-state index contributed by atoms with van der Waals surface area (Å²) in [6, 6.07) is 70.7. The minimum absolute atomic E-state index is 0.00899. The lowest BCUT2D eigenvalue weighted by Gasteiger charge is -2.15. The maximum atomic E-state index is 14.1. The number of carbonyl (C=O) groups is 6. The van der Waals surface area contributed by atoms with E-state index in [0.717, 1.165) is 120 Å². The van der Waals surface area contributed by atoms with Gasteiger partial charge in [0.15, 0.2) is 0 Å². The average molecular weight is 2060 g/mol. The van der Waals surface area contributed by atoms with Crippen LogP contribution in [0.4, 0.5) is 4.39 Å². The Bertz CT molecular complexity index is 5290. The standard InChI is InChI=1S/C20H24O3.C19H21BrO3.C19H21ClO3.C19H21FO3.C19H21IO3.C19H22O3/c1-5-16-12-14(3)10-11-18(16)22-13-17-15(4)8-7-9-19(17)23-20(21)6-2;4*1-4-14-11-13(3)9-10-17(14)22-12-15-16(20)7-6-8-18(15)23-19(21)5-2;1-4-15-12-14(3)10-11-17(15)21-13-16-8-6-7-9-18(16)22-19(20)5-2/h7-12H,5-6,13H2,1-4H3;4*6-11H,4-5,12H2,1-3H3;6-12H,4-5,13H2,1-3H3. The summed E-state index contributed by atoms with van der Waals surface area (Å²) in [6.45, 7) is 39.2. The molecule has 0 atom stereocenters. The number of rotatable bonds is 36. The Morgan fingerprint density at radius 3 is 0.876 bits per heavy atom. The lowest BCUT2D eigenvalue weighted by molar-refractivity contribution is -0.135. The largest absolute Gasteiger partial charge is 0.488 e. The Hall–Kier alpha value is -12.3. The van der Waals surface area contributed by atoms with Gasteiger partial charge in [-0.3, -0.25) is 28.8 Å². The number of para-hydroxylation sites is 1. The van der Waals surface area contributed by atoms with Crippen LogP contribution in [0, 0.1) is 57.9 Å². The van der Waals surface area contributed by atoms with Crippen molar-refractivity contribution in [3.8, 4) is 69.0 Å². The van der Waals surface area contributed by atoms with Crippen LogP contribution in [-0.2, 0) is 107 Å². The maximum Gasteiger partial charge on any atom is 0.310 e. The Morgan fingerprint density at radius 1 is 0.263 bits per heavy atom. The molecule has 12 rings (SSSR count). The summed E-state index contributed by atoms with van der Waals surface area (Å²) < 4.78 is 83.7. The van der Waals surface area contributed by atoms with E-state index >= 15 is 0 Å². The number of benzene rings is 12. The lowest BCUT2D eigenvalue weighted by Crippen LogP contribution is -2.10. The van der Waals surface area contributed by atoms with Gasteiger partial charge in [-0.25, -0.2) is 4.39 Å². The summed E-state index contributed by atoms with van der Waals surface area (Å²) in [5.41, 5.74) is 19.7. The molecule has 22 heteroatoms. The highest BCUT2D eigenvalue weighted by atomic mass is 127. The van der Waals surface area contributed by atoms with Gasteiger partial charge < -0.3 is 56.8 Å². The Morgan fingerprint density at radius 2 is 0.518 bits per heavy atom. The smallest absolute Gasteiger partial charge is 0.310 e. The second-order valence-corrected chi connectivity index (χ2v) is 34.4. The number of carbonyl (C=O) groups excluding carboxylic acids is 6. The molecular weight excluding hydrogens is 1930 g/mol. The molecule has 0 unspecified atom stereocenters. The molecule has 0 aliphatic rings. The lowest BCUT2D eigenvalue weighted by atomic mass is 10.1. The molecular formula is C115H130BrClFIO18. The van der Waals surface area contributed by atoms with E-state index < -0.39 is 11.8 Å². The maximum absolute atomic E-state index is 14.1. The molecule has 0 heterocycles. The highest BCUT2D eigenvalue weighted by Crippen LogP contribution is 2.36. The van der Waals surface area contributed by atoms with E-state index in [0.29, 0.717) is 104 Å². The summed E-state index contributed by atoms with van der Waals surface area (Å²) in [5, 5.41) is 0.525. The van der Waals surface area contributed by atoms with Crippen LogP contribution in [0.5, 0.6) is 69.0 Å². The van der Waals surface area contributed by atoms with E-state index in [9.17, 15) is 33.2 Å². The van der Waals surface area contributed by atoms with E-state index in [-0.39, 0.29) is 60.8 Å². The summed E-state index contributed by atoms with van der Waals surface area (Å²) in [7, 11) is 0. The predicted octanol–water partition coefficient (Wildman–Crippen LogP) is 29.2. The summed E-state index contributed by atoms with van der Waals surface area (Å²) in [5.74, 6) is 5.87. The van der Waals surface area contributed by atoms with Gasteiger partial charge in [-0.2, -0.15) is 0 Å². The van der Waals surface area contributed by atoms with Crippen LogP contribution in [0.15, 0.2) is 229 Å². The molecule has 0 saturated carbocycles. The zero-order valence-corrected chi connectivity index (χ0v) is 86.9. The SMILES string of the molecule is CCC(=O)Oc1cccc(Br)c1COc1ccc(C)cc1CC.CCC(=O)Oc1cccc(C)c1COc1ccc(C)cc1CC.CCC(=O)Oc1cccc(Cl)c1COc1ccc(C)cc1CC.CCC(=O)Oc1cccc(F)c1COc1ccc(C)cc1CC.CCC(=O)Oc1cccc(I)c1COc1ccc(C)cc1CC.CCC(=O)Oc1ccccc1COc1ccc(C)cc1CC. The number of hydrogen-bond acceptors (Lipinski definition) is 18. The monoisotopic (exact) mass is 2060 g/mol. The molecule has 137 heavy (non-hydrogen) atoms. The third-order valence-corrected chi connectivity index (χ3v) is 23.7. The van der Waals surface area contributed by atoms with Crippen LogP contribution in [-0.4, -0.2) is 35.8 Å². The zero-order valence-electron chi connectivity index (χ0n) is 82.5. The highest BCUT2D eigenvalue weighted by Gasteiger charge is 2.21. The minimum Gasteiger partial charge on any atom is -0.488 e. The van der Waals surface area contributed by atoms with Crippen LogP contribution < -0.4 is 56.8 Å². The van der Waals surface area contributed by atoms with Gasteiger partial charge in [-0.15, -0.1) is 0 Å². The highest BCUT2D eigenvalue weighted by molar-refractivity contribution is 14.1. The van der Waals surface area contributed by atoms with Crippen molar-refractivity contribution in [3.05, 3.63) is 349 Å². The fraction of sp³-hybridized carbons (Fsp3) is 0.322. The van der Waals surface area contributed by atoms with Gasteiger partial charge in [0, 0.05) is 68.8 Å². The molecule has 0 N–H and O–H groups in total. The predicted molar refractivity (Wildman–Crippen MR) is 554 cm³/mol. The van der Waals surface area contributed by atoms with Gasteiger partial charge in [-0.1, -0.05) is 271 Å². The molecule has 0 amide bonds. The van der Waals surface area contributed by atoms with E-state index in [1.54, 1.807) is 77.9 Å². The first-order chi connectivity index (χ1) is 65.9. The van der Waals surface area contributed by atoms with Crippen LogP contribution in [0.2, 0.25) is 5.02 Å². The van der Waals surface area contributed by atoms with Gasteiger partial charge in [0.05, 0.1) is 16.1 Å². The Balaban J connectivity index is 0.000000224. The number of halogens is 4. The number of esters is 6. The molecule has 0 aliphatic heterocycles. The third kappa shape index (κ3) is 36.3. The quantitative estimate of drug-likeness (QED) is 0.0203. The van der Waals surface area contributed by atoms with Gasteiger partial charge in [0.25, 0.3) is 0 Å². The normalized spacial score (nSPS) is 10.4. The van der Waals surface area contributed by atoms with Crippen LogP contribution in [0.25, 0.3) is 0 Å². The molecule has 0 bridgehead atoms.